The molecule has 0 aliphatic rings. The molecule has 2 N–H and O–H groups in total. The molecule has 0 amide bonds. The molecule has 0 saturated heterocycles. The van der Waals surface area contributed by atoms with Crippen LogP contribution in [0.2, 0.25) is 0 Å². The number of nitrogens with zero attached hydrogens (tertiary/aromatic N) is 4. The molecule has 0 aliphatic carbocycles. The van der Waals surface area contributed by atoms with Crippen LogP contribution in [0.3, 0.4) is 0 Å². The lowest BCUT2D eigenvalue weighted by Crippen LogP contribution is -1.95. The topological polar surface area (TPSA) is 68.6 Å². The number of aromatic nitrogens is 2. The Morgan fingerprint density at radius 3 is 2.41 bits per heavy atom. The molecule has 2 aromatic rings. The van der Waals surface area contributed by atoms with E-state index in [9.17, 15) is 0 Å². The van der Waals surface area contributed by atoms with E-state index >= 15 is 0 Å². The second-order valence-electron chi connectivity index (χ2n) is 4.01. The van der Waals surface area contributed by atoms with E-state index in [0.29, 0.717) is 5.82 Å². The molecule has 0 aliphatic heterocycles. The van der Waals surface area contributed by atoms with Crippen LogP contribution in [0.25, 0.3) is 5.69 Å². The number of azo groups is 1. The van der Waals surface area contributed by atoms with E-state index in [0.717, 1.165) is 11.4 Å². The van der Waals surface area contributed by atoms with Crippen molar-refractivity contribution in [1.82, 2.24) is 9.78 Å². The number of benzene rings is 1. The average molecular weight is 229 g/mol. The van der Waals surface area contributed by atoms with Gasteiger partial charge in [-0.3, -0.25) is 0 Å². The summed E-state index contributed by atoms with van der Waals surface area (Å²) >= 11 is 0. The van der Waals surface area contributed by atoms with Gasteiger partial charge < -0.3 is 5.73 Å². The Labute approximate surface area is 100.0 Å². The van der Waals surface area contributed by atoms with E-state index in [1.54, 1.807) is 10.7 Å². The lowest BCUT2D eigenvalue weighted by Gasteiger charge is -2.01. The second kappa shape index (κ2) is 4.78. The van der Waals surface area contributed by atoms with Crippen LogP contribution >= 0.6 is 0 Å². The molecule has 1 aromatic carbocycles. The molecule has 0 unspecified atom stereocenters. The fraction of sp³-hybridized carbons (Fsp3) is 0.250. The maximum Gasteiger partial charge on any atom is 0.145 e. The molecular formula is C12H15N5. The molecule has 0 radical (unpaired) electrons. The number of anilines is 1. The quantitative estimate of drug-likeness (QED) is 0.822. The highest BCUT2D eigenvalue weighted by Crippen LogP contribution is 2.16. The van der Waals surface area contributed by atoms with Crippen molar-refractivity contribution in [3.05, 3.63) is 36.5 Å². The predicted octanol–water partition coefficient (Wildman–Crippen LogP) is 2.95. The first-order valence-electron chi connectivity index (χ1n) is 5.47. The van der Waals surface area contributed by atoms with Gasteiger partial charge in [-0.15, -0.1) is 0 Å². The molecule has 1 aromatic heterocycles. The minimum Gasteiger partial charge on any atom is -0.382 e. The Hall–Kier alpha value is -2.17. The third-order valence-corrected chi connectivity index (χ3v) is 2.13. The fourth-order valence-electron chi connectivity index (χ4n) is 1.34. The first kappa shape index (κ1) is 11.3. The van der Waals surface area contributed by atoms with Crippen molar-refractivity contribution in [2.75, 3.05) is 5.73 Å². The van der Waals surface area contributed by atoms with Crippen molar-refractivity contribution in [1.29, 1.82) is 0 Å². The monoisotopic (exact) mass is 229 g/mol. The van der Waals surface area contributed by atoms with Crippen LogP contribution in [0, 0.1) is 0 Å². The van der Waals surface area contributed by atoms with Gasteiger partial charge in [0.15, 0.2) is 0 Å². The minimum absolute atomic E-state index is 0.209. The van der Waals surface area contributed by atoms with E-state index in [1.165, 1.54) is 0 Å². The first-order chi connectivity index (χ1) is 8.15. The number of nitrogens with two attached hydrogens (primary N) is 1. The molecule has 0 saturated carbocycles. The van der Waals surface area contributed by atoms with Crippen molar-refractivity contribution >= 4 is 11.5 Å². The van der Waals surface area contributed by atoms with E-state index in [4.69, 9.17) is 5.73 Å². The predicted molar refractivity (Wildman–Crippen MR) is 67.6 cm³/mol. The summed E-state index contributed by atoms with van der Waals surface area (Å²) in [6, 6.07) is 9.63. The third-order valence-electron chi connectivity index (χ3n) is 2.13. The van der Waals surface area contributed by atoms with E-state index in [-0.39, 0.29) is 6.04 Å². The van der Waals surface area contributed by atoms with Gasteiger partial charge in [-0.1, -0.05) is 0 Å². The van der Waals surface area contributed by atoms with Crippen molar-refractivity contribution in [2.24, 2.45) is 10.2 Å². The Balaban J connectivity index is 2.18. The third kappa shape index (κ3) is 2.90. The maximum atomic E-state index is 5.56. The molecule has 0 spiro atoms. The van der Waals surface area contributed by atoms with Crippen LogP contribution in [0.4, 0.5) is 11.5 Å². The van der Waals surface area contributed by atoms with Crippen LogP contribution in [-0.2, 0) is 0 Å². The largest absolute Gasteiger partial charge is 0.382 e. The van der Waals surface area contributed by atoms with Gasteiger partial charge in [0.05, 0.1) is 17.4 Å². The summed E-state index contributed by atoms with van der Waals surface area (Å²) in [7, 11) is 0. The average Bonchev–Trinajstić information content (AvgIpc) is 2.74. The Morgan fingerprint density at radius 2 is 1.88 bits per heavy atom. The Kier molecular flexibility index (Phi) is 3.18. The number of nitrogen functional groups attached to an aromatic ring is 1. The van der Waals surface area contributed by atoms with E-state index in [1.807, 2.05) is 44.3 Å². The second-order valence-corrected chi connectivity index (χ2v) is 4.01. The van der Waals surface area contributed by atoms with Crippen LogP contribution in [0.1, 0.15) is 13.8 Å². The first-order valence-corrected chi connectivity index (χ1v) is 5.47. The molecule has 17 heavy (non-hydrogen) atoms. The Morgan fingerprint density at radius 1 is 1.18 bits per heavy atom. The molecule has 5 nitrogen and oxygen atoms in total. The highest BCUT2D eigenvalue weighted by Gasteiger charge is 1.98. The standard InChI is InChI=1S/C12H15N5/c1-9(2)14-15-10-3-5-11(6-4-10)17-8-7-12(13)16-17/h3-9H,1-2H3,(H2,13,16)/b15-14+. The van der Waals surface area contributed by atoms with E-state index < -0.39 is 0 Å². The SMILES string of the molecule is CC(C)/N=N/c1ccc(-n2ccc(N)n2)cc1. The molecule has 0 bridgehead atoms. The summed E-state index contributed by atoms with van der Waals surface area (Å²) in [4.78, 5) is 0. The molecule has 2 rings (SSSR count). The summed E-state index contributed by atoms with van der Waals surface area (Å²) in [5.74, 6) is 0.508. The lowest BCUT2D eigenvalue weighted by molar-refractivity contribution is 0.779. The van der Waals surface area contributed by atoms with Crippen molar-refractivity contribution in [3.8, 4) is 5.69 Å². The molecule has 5 heteroatoms. The van der Waals surface area contributed by atoms with Gasteiger partial charge in [-0.2, -0.15) is 15.3 Å². The van der Waals surface area contributed by atoms with Crippen LogP contribution in [0.15, 0.2) is 46.8 Å². The Bertz CT molecular complexity index is 510. The normalized spacial score (nSPS) is 11.5. The maximum absolute atomic E-state index is 5.56. The minimum atomic E-state index is 0.209. The zero-order chi connectivity index (χ0) is 12.3. The number of hydrogen-bond donors (Lipinski definition) is 1. The highest BCUT2D eigenvalue weighted by atomic mass is 15.3. The zero-order valence-corrected chi connectivity index (χ0v) is 9.91. The fourth-order valence-corrected chi connectivity index (χ4v) is 1.34. The number of rotatable bonds is 3. The van der Waals surface area contributed by atoms with Gasteiger partial charge in [0, 0.05) is 12.3 Å². The van der Waals surface area contributed by atoms with Gasteiger partial charge >= 0.3 is 0 Å². The smallest absolute Gasteiger partial charge is 0.145 e. The van der Waals surface area contributed by atoms with Crippen molar-refractivity contribution in [3.63, 3.8) is 0 Å². The van der Waals surface area contributed by atoms with Gasteiger partial charge in [0.2, 0.25) is 0 Å². The molecule has 88 valence electrons. The molecule has 1 heterocycles. The van der Waals surface area contributed by atoms with Crippen LogP contribution in [-0.4, -0.2) is 15.8 Å². The van der Waals surface area contributed by atoms with Crippen LogP contribution < -0.4 is 5.73 Å². The molecule has 0 fully saturated rings. The van der Waals surface area contributed by atoms with Crippen molar-refractivity contribution in [2.45, 2.75) is 19.9 Å². The van der Waals surface area contributed by atoms with Crippen LogP contribution in [0.5, 0.6) is 0 Å². The molecule has 0 atom stereocenters. The summed E-state index contributed by atoms with van der Waals surface area (Å²) in [6.07, 6.45) is 1.82. The number of hydrogen-bond acceptors (Lipinski definition) is 4. The van der Waals surface area contributed by atoms with Gasteiger partial charge in [-0.25, -0.2) is 4.68 Å². The lowest BCUT2D eigenvalue weighted by atomic mass is 10.3. The summed E-state index contributed by atoms with van der Waals surface area (Å²) in [5.41, 5.74) is 7.35. The highest BCUT2D eigenvalue weighted by molar-refractivity contribution is 5.44. The van der Waals surface area contributed by atoms with Gasteiger partial charge in [-0.05, 0) is 38.1 Å². The zero-order valence-electron chi connectivity index (χ0n) is 9.91. The summed E-state index contributed by atoms with van der Waals surface area (Å²) in [6.45, 7) is 3.98. The summed E-state index contributed by atoms with van der Waals surface area (Å²) < 4.78 is 1.72. The summed E-state index contributed by atoms with van der Waals surface area (Å²) in [5, 5.41) is 12.3. The van der Waals surface area contributed by atoms with Gasteiger partial charge in [0.25, 0.3) is 0 Å². The van der Waals surface area contributed by atoms with Gasteiger partial charge in [0.1, 0.15) is 5.82 Å². The van der Waals surface area contributed by atoms with Crippen molar-refractivity contribution < 1.29 is 0 Å². The molecular weight excluding hydrogens is 214 g/mol. The van der Waals surface area contributed by atoms with E-state index in [2.05, 4.69) is 15.3 Å².